The predicted molar refractivity (Wildman–Crippen MR) is 115 cm³/mol. The van der Waals surface area contributed by atoms with Crippen molar-refractivity contribution in [3.05, 3.63) is 114 Å². The summed E-state index contributed by atoms with van der Waals surface area (Å²) >= 11 is 0. The lowest BCUT2D eigenvalue weighted by molar-refractivity contribution is 0.608. The van der Waals surface area contributed by atoms with E-state index in [4.69, 9.17) is 5.10 Å². The minimum Gasteiger partial charge on any atom is -0.340 e. The average Bonchev–Trinajstić information content (AvgIpc) is 3.10. The third kappa shape index (κ3) is 2.81. The molecule has 0 bridgehead atoms. The Labute approximate surface area is 165 Å². The number of rotatable bonds is 3. The molecule has 3 nitrogen and oxygen atoms in total. The highest BCUT2D eigenvalue weighted by molar-refractivity contribution is 5.87. The van der Waals surface area contributed by atoms with Crippen molar-refractivity contribution in [2.45, 2.75) is 13.0 Å². The fraction of sp³-hybridized carbons (Fsp3) is 0.0800. The summed E-state index contributed by atoms with van der Waals surface area (Å²) in [4.78, 5) is 0. The fourth-order valence-corrected chi connectivity index (χ4v) is 3.89. The van der Waals surface area contributed by atoms with Crippen molar-refractivity contribution in [2.75, 3.05) is 5.32 Å². The molecular weight excluding hydrogens is 342 g/mol. The van der Waals surface area contributed by atoms with Crippen LogP contribution in [-0.2, 0) is 0 Å². The Balaban J connectivity index is 1.71. The van der Waals surface area contributed by atoms with Crippen molar-refractivity contribution in [2.24, 2.45) is 0 Å². The summed E-state index contributed by atoms with van der Waals surface area (Å²) < 4.78 is 2.11. The van der Waals surface area contributed by atoms with Crippen molar-refractivity contribution in [1.82, 2.24) is 9.78 Å². The molecule has 4 aromatic rings. The molecule has 0 saturated carbocycles. The summed E-state index contributed by atoms with van der Waals surface area (Å²) in [7, 11) is 0. The summed E-state index contributed by atoms with van der Waals surface area (Å²) in [6, 6.07) is 31.6. The molecule has 3 heteroatoms. The molecule has 1 aliphatic heterocycles. The molecule has 136 valence electrons. The van der Waals surface area contributed by atoms with Gasteiger partial charge in [0.05, 0.1) is 11.7 Å². The van der Waals surface area contributed by atoms with Crippen molar-refractivity contribution in [3.8, 4) is 11.1 Å². The van der Waals surface area contributed by atoms with Crippen LogP contribution in [0.5, 0.6) is 0 Å². The lowest BCUT2D eigenvalue weighted by atomic mass is 10.00. The van der Waals surface area contributed by atoms with Crippen LogP contribution in [0.4, 0.5) is 5.82 Å². The smallest absolute Gasteiger partial charge is 0.138 e. The van der Waals surface area contributed by atoms with Crippen molar-refractivity contribution >= 4 is 11.5 Å². The molecule has 0 spiro atoms. The second-order valence-corrected chi connectivity index (χ2v) is 7.05. The van der Waals surface area contributed by atoms with Gasteiger partial charge in [0.25, 0.3) is 0 Å². The minimum atomic E-state index is 0.0452. The summed E-state index contributed by atoms with van der Waals surface area (Å²) in [5.74, 6) is 1.04. The standard InChI is InChI=1S/C25H21N3/c1-18-24(21-15-9-4-10-16-21)25-26-22(19-11-5-2-6-12-19)17-23(28(25)27-18)20-13-7-3-8-14-20/h2-17,23,26H,1H3/t23-/m0/s1. The van der Waals surface area contributed by atoms with Crippen LogP contribution < -0.4 is 5.32 Å². The van der Waals surface area contributed by atoms with E-state index in [0.29, 0.717) is 0 Å². The van der Waals surface area contributed by atoms with Gasteiger partial charge in [-0.25, -0.2) is 4.68 Å². The molecule has 5 rings (SSSR count). The van der Waals surface area contributed by atoms with Gasteiger partial charge in [-0.15, -0.1) is 0 Å². The van der Waals surface area contributed by atoms with Crippen LogP contribution in [-0.4, -0.2) is 9.78 Å². The Morgan fingerprint density at radius 2 is 1.32 bits per heavy atom. The molecule has 3 aromatic carbocycles. The predicted octanol–water partition coefficient (Wildman–Crippen LogP) is 5.91. The third-order valence-electron chi connectivity index (χ3n) is 5.21. The van der Waals surface area contributed by atoms with Crippen molar-refractivity contribution in [3.63, 3.8) is 0 Å². The van der Waals surface area contributed by atoms with Gasteiger partial charge in [0.1, 0.15) is 5.82 Å². The second-order valence-electron chi connectivity index (χ2n) is 7.05. The highest BCUT2D eigenvalue weighted by Crippen LogP contribution is 2.40. The first-order valence-corrected chi connectivity index (χ1v) is 9.55. The SMILES string of the molecule is Cc1nn2c(c1-c1ccccc1)NC(c1ccccc1)=C[C@H]2c1ccccc1. The zero-order chi connectivity index (χ0) is 18.9. The Hall–Kier alpha value is -3.59. The largest absolute Gasteiger partial charge is 0.340 e. The van der Waals surface area contributed by atoms with E-state index in [9.17, 15) is 0 Å². The lowest BCUT2D eigenvalue weighted by Gasteiger charge is -2.26. The number of aromatic nitrogens is 2. The number of fused-ring (bicyclic) bond motifs is 1. The molecule has 0 radical (unpaired) electrons. The lowest BCUT2D eigenvalue weighted by Crippen LogP contribution is -2.20. The maximum atomic E-state index is 4.92. The zero-order valence-corrected chi connectivity index (χ0v) is 15.7. The van der Waals surface area contributed by atoms with Crippen molar-refractivity contribution < 1.29 is 0 Å². The van der Waals surface area contributed by atoms with Gasteiger partial charge in [0.15, 0.2) is 0 Å². The van der Waals surface area contributed by atoms with Crippen LogP contribution in [0, 0.1) is 6.92 Å². The highest BCUT2D eigenvalue weighted by Gasteiger charge is 2.27. The number of aryl methyl sites for hydroxylation is 1. The minimum absolute atomic E-state index is 0.0452. The van der Waals surface area contributed by atoms with Gasteiger partial charge in [-0.05, 0) is 29.7 Å². The van der Waals surface area contributed by atoms with Crippen LogP contribution in [0.25, 0.3) is 16.8 Å². The van der Waals surface area contributed by atoms with E-state index in [0.717, 1.165) is 22.8 Å². The van der Waals surface area contributed by atoms with E-state index in [2.05, 4.69) is 102 Å². The molecule has 0 aliphatic carbocycles. The van der Waals surface area contributed by atoms with Gasteiger partial charge >= 0.3 is 0 Å². The van der Waals surface area contributed by atoms with Gasteiger partial charge in [-0.1, -0.05) is 91.0 Å². The Morgan fingerprint density at radius 3 is 1.96 bits per heavy atom. The normalized spacial score (nSPS) is 15.5. The van der Waals surface area contributed by atoms with E-state index < -0.39 is 0 Å². The van der Waals surface area contributed by atoms with Gasteiger partial charge in [0.2, 0.25) is 0 Å². The maximum Gasteiger partial charge on any atom is 0.138 e. The highest BCUT2D eigenvalue weighted by atomic mass is 15.4. The van der Waals surface area contributed by atoms with E-state index >= 15 is 0 Å². The number of allylic oxidation sites excluding steroid dienone is 1. The Morgan fingerprint density at radius 1 is 0.750 bits per heavy atom. The van der Waals surface area contributed by atoms with E-state index in [-0.39, 0.29) is 6.04 Å². The first kappa shape index (κ1) is 16.6. The van der Waals surface area contributed by atoms with Crippen LogP contribution in [0.2, 0.25) is 0 Å². The molecule has 1 aromatic heterocycles. The van der Waals surface area contributed by atoms with Gasteiger partial charge < -0.3 is 5.32 Å². The first-order valence-electron chi connectivity index (χ1n) is 9.55. The second kappa shape index (κ2) is 6.86. The summed E-state index contributed by atoms with van der Waals surface area (Å²) in [5, 5.41) is 8.59. The topological polar surface area (TPSA) is 29.9 Å². The number of nitrogens with zero attached hydrogens (tertiary/aromatic N) is 2. The molecule has 0 saturated heterocycles. The molecule has 28 heavy (non-hydrogen) atoms. The quantitative estimate of drug-likeness (QED) is 0.490. The molecule has 0 amide bonds. The summed E-state index contributed by atoms with van der Waals surface area (Å²) in [6.07, 6.45) is 2.26. The van der Waals surface area contributed by atoms with Crippen LogP contribution >= 0.6 is 0 Å². The number of nitrogens with one attached hydrogen (secondary N) is 1. The number of anilines is 1. The molecule has 1 atom stereocenters. The van der Waals surface area contributed by atoms with Gasteiger partial charge in [0, 0.05) is 11.3 Å². The zero-order valence-electron chi connectivity index (χ0n) is 15.7. The van der Waals surface area contributed by atoms with Crippen LogP contribution in [0.15, 0.2) is 97.1 Å². The summed E-state index contributed by atoms with van der Waals surface area (Å²) in [5.41, 5.74) is 6.86. The number of benzene rings is 3. The van der Waals surface area contributed by atoms with Gasteiger partial charge in [-0.2, -0.15) is 5.10 Å². The third-order valence-corrected chi connectivity index (χ3v) is 5.21. The Bertz CT molecular complexity index is 1130. The monoisotopic (exact) mass is 363 g/mol. The van der Waals surface area contributed by atoms with E-state index in [1.54, 1.807) is 0 Å². The van der Waals surface area contributed by atoms with Crippen LogP contribution in [0.3, 0.4) is 0 Å². The van der Waals surface area contributed by atoms with Crippen LogP contribution in [0.1, 0.15) is 22.9 Å². The molecule has 0 fully saturated rings. The van der Waals surface area contributed by atoms with E-state index in [1.807, 2.05) is 12.1 Å². The van der Waals surface area contributed by atoms with Crippen molar-refractivity contribution in [1.29, 1.82) is 0 Å². The number of hydrogen-bond donors (Lipinski definition) is 1. The molecular formula is C25H21N3. The molecule has 1 aliphatic rings. The average molecular weight is 363 g/mol. The first-order chi connectivity index (χ1) is 13.8. The van der Waals surface area contributed by atoms with E-state index in [1.165, 1.54) is 16.7 Å². The molecule has 0 unspecified atom stereocenters. The Kier molecular flexibility index (Phi) is 4.06. The molecule has 1 N–H and O–H groups in total. The summed E-state index contributed by atoms with van der Waals surface area (Å²) in [6.45, 7) is 2.08. The molecule has 2 heterocycles. The number of hydrogen-bond acceptors (Lipinski definition) is 2. The maximum absolute atomic E-state index is 4.92. The fourth-order valence-electron chi connectivity index (χ4n) is 3.89. The van der Waals surface area contributed by atoms with Gasteiger partial charge in [-0.3, -0.25) is 0 Å².